The Morgan fingerprint density at radius 1 is 1.45 bits per heavy atom. The van der Waals surface area contributed by atoms with Gasteiger partial charge >= 0.3 is 6.03 Å². The van der Waals surface area contributed by atoms with Crippen LogP contribution < -0.4 is 10.2 Å². The molecule has 3 rings (SSSR count). The van der Waals surface area contributed by atoms with E-state index in [-0.39, 0.29) is 18.0 Å². The Kier molecular flexibility index (Phi) is 4.58. The van der Waals surface area contributed by atoms with E-state index in [1.165, 1.54) is 11.3 Å². The molecule has 0 unspecified atom stereocenters. The predicted molar refractivity (Wildman–Crippen MR) is 83.2 cm³/mol. The highest BCUT2D eigenvalue weighted by atomic mass is 32.1. The maximum atomic E-state index is 12.3. The zero-order chi connectivity index (χ0) is 15.5. The number of rotatable bonds is 4. The molecule has 0 bridgehead atoms. The van der Waals surface area contributed by atoms with Gasteiger partial charge in [0.1, 0.15) is 0 Å². The number of anilines is 1. The molecule has 1 N–H and O–H groups in total. The fraction of sp³-hybridized carbons (Fsp3) is 0.643. The first-order valence-electron chi connectivity index (χ1n) is 7.47. The van der Waals surface area contributed by atoms with Crippen LogP contribution in [0.1, 0.15) is 18.5 Å². The van der Waals surface area contributed by atoms with Crippen LogP contribution in [0.4, 0.5) is 9.93 Å². The van der Waals surface area contributed by atoms with E-state index >= 15 is 0 Å². The van der Waals surface area contributed by atoms with Crippen LogP contribution in [0.5, 0.6) is 0 Å². The first kappa shape index (κ1) is 15.2. The Morgan fingerprint density at radius 2 is 2.23 bits per heavy atom. The fourth-order valence-corrected chi connectivity index (χ4v) is 3.61. The summed E-state index contributed by atoms with van der Waals surface area (Å²) >= 11 is 1.41. The number of likely N-dealkylation sites (tertiary alicyclic amines) is 1. The number of thiazole rings is 1. The van der Waals surface area contributed by atoms with Crippen molar-refractivity contribution in [3.8, 4) is 0 Å². The number of aromatic nitrogens is 1. The van der Waals surface area contributed by atoms with E-state index in [1.54, 1.807) is 12.0 Å². The van der Waals surface area contributed by atoms with E-state index in [0.717, 1.165) is 31.6 Å². The molecular weight excluding hydrogens is 304 g/mol. The predicted octanol–water partition coefficient (Wildman–Crippen LogP) is 0.853. The van der Waals surface area contributed by atoms with Gasteiger partial charge in [-0.25, -0.2) is 9.78 Å². The standard InChI is InChI=1S/C14H20N4O3S/c1-21-11-2-5-17(6-3-11)12(19)8-10-9-22-14(16-10)18-7-4-15-13(18)20/h9,11H,2-8H2,1H3,(H,15,20). The van der Waals surface area contributed by atoms with E-state index in [0.29, 0.717) is 24.6 Å². The molecule has 0 saturated carbocycles. The highest BCUT2D eigenvalue weighted by molar-refractivity contribution is 7.14. The highest BCUT2D eigenvalue weighted by Crippen LogP contribution is 2.23. The van der Waals surface area contributed by atoms with Crippen LogP contribution in [0.25, 0.3) is 0 Å². The van der Waals surface area contributed by atoms with Crippen LogP contribution in [-0.2, 0) is 16.0 Å². The van der Waals surface area contributed by atoms with Crippen LogP contribution in [-0.4, -0.2) is 61.2 Å². The number of carbonyl (C=O) groups excluding carboxylic acids is 2. The number of nitrogens with one attached hydrogen (secondary N) is 1. The van der Waals surface area contributed by atoms with Gasteiger partial charge in [0.05, 0.1) is 18.2 Å². The summed E-state index contributed by atoms with van der Waals surface area (Å²) < 4.78 is 5.32. The number of hydrogen-bond donors (Lipinski definition) is 1. The minimum Gasteiger partial charge on any atom is -0.381 e. The van der Waals surface area contributed by atoms with Crippen molar-refractivity contribution in [1.29, 1.82) is 0 Å². The fourth-order valence-electron chi connectivity index (χ4n) is 2.76. The Hall–Kier alpha value is -1.67. The van der Waals surface area contributed by atoms with Crippen molar-refractivity contribution < 1.29 is 14.3 Å². The summed E-state index contributed by atoms with van der Waals surface area (Å²) in [6, 6.07) is -0.117. The van der Waals surface area contributed by atoms with Gasteiger partial charge < -0.3 is 15.0 Å². The van der Waals surface area contributed by atoms with Crippen LogP contribution in [0.2, 0.25) is 0 Å². The van der Waals surface area contributed by atoms with Crippen molar-refractivity contribution in [1.82, 2.24) is 15.2 Å². The molecule has 8 heteroatoms. The van der Waals surface area contributed by atoms with Crippen molar-refractivity contribution in [3.05, 3.63) is 11.1 Å². The third kappa shape index (κ3) is 3.22. The lowest BCUT2D eigenvalue weighted by Crippen LogP contribution is -2.41. The third-order valence-corrected chi connectivity index (χ3v) is 5.00. The minimum atomic E-state index is -0.117. The Balaban J connectivity index is 1.56. The van der Waals surface area contributed by atoms with Gasteiger partial charge in [-0.1, -0.05) is 0 Å². The second-order valence-electron chi connectivity index (χ2n) is 5.50. The second kappa shape index (κ2) is 6.62. The molecule has 2 fully saturated rings. The summed E-state index contributed by atoms with van der Waals surface area (Å²) in [7, 11) is 1.72. The van der Waals surface area contributed by atoms with E-state index in [1.807, 2.05) is 10.3 Å². The van der Waals surface area contributed by atoms with E-state index in [2.05, 4.69) is 10.3 Å². The molecule has 3 heterocycles. The summed E-state index contributed by atoms with van der Waals surface area (Å²) in [6.45, 7) is 2.75. The molecule has 0 radical (unpaired) electrons. The molecule has 120 valence electrons. The van der Waals surface area contributed by atoms with E-state index < -0.39 is 0 Å². The summed E-state index contributed by atoms with van der Waals surface area (Å²) in [4.78, 5) is 31.8. The molecule has 0 atom stereocenters. The Bertz CT molecular complexity index is 554. The van der Waals surface area contributed by atoms with Crippen molar-refractivity contribution in [2.24, 2.45) is 0 Å². The van der Waals surface area contributed by atoms with Crippen molar-refractivity contribution in [2.45, 2.75) is 25.4 Å². The Morgan fingerprint density at radius 3 is 2.86 bits per heavy atom. The van der Waals surface area contributed by atoms with Crippen molar-refractivity contribution >= 4 is 28.4 Å². The molecule has 3 amide bonds. The number of nitrogens with zero attached hydrogens (tertiary/aromatic N) is 3. The molecule has 2 aliphatic heterocycles. The van der Waals surface area contributed by atoms with Gasteiger partial charge in [0.15, 0.2) is 5.13 Å². The number of hydrogen-bond acceptors (Lipinski definition) is 5. The first-order chi connectivity index (χ1) is 10.7. The van der Waals surface area contributed by atoms with Gasteiger partial charge in [0, 0.05) is 38.7 Å². The number of carbonyl (C=O) groups is 2. The topological polar surface area (TPSA) is 74.8 Å². The van der Waals surface area contributed by atoms with Crippen molar-refractivity contribution in [3.63, 3.8) is 0 Å². The van der Waals surface area contributed by atoms with E-state index in [9.17, 15) is 9.59 Å². The molecule has 2 aliphatic rings. The minimum absolute atomic E-state index is 0.0947. The zero-order valence-corrected chi connectivity index (χ0v) is 13.4. The maximum Gasteiger partial charge on any atom is 0.323 e. The normalized spacial score (nSPS) is 19.6. The number of urea groups is 1. The molecule has 7 nitrogen and oxygen atoms in total. The van der Waals surface area contributed by atoms with Gasteiger partial charge in [-0.3, -0.25) is 9.69 Å². The SMILES string of the molecule is COC1CCN(C(=O)Cc2csc(N3CCNC3=O)n2)CC1. The first-order valence-corrected chi connectivity index (χ1v) is 8.35. The van der Waals surface area contributed by atoms with Gasteiger partial charge in [0.25, 0.3) is 0 Å². The summed E-state index contributed by atoms with van der Waals surface area (Å²) in [5.74, 6) is 0.0947. The highest BCUT2D eigenvalue weighted by Gasteiger charge is 2.26. The Labute approximate surface area is 133 Å². The largest absolute Gasteiger partial charge is 0.381 e. The lowest BCUT2D eigenvalue weighted by Gasteiger charge is -2.31. The molecule has 0 spiro atoms. The van der Waals surface area contributed by atoms with Crippen LogP contribution in [0.15, 0.2) is 5.38 Å². The van der Waals surface area contributed by atoms with Crippen LogP contribution in [0, 0.1) is 0 Å². The van der Waals surface area contributed by atoms with E-state index in [4.69, 9.17) is 4.74 Å². The van der Waals surface area contributed by atoms with Gasteiger partial charge in [-0.2, -0.15) is 0 Å². The average molecular weight is 324 g/mol. The lowest BCUT2D eigenvalue weighted by molar-refractivity contribution is -0.132. The molecule has 0 aromatic carbocycles. The van der Waals surface area contributed by atoms with Crippen molar-refractivity contribution in [2.75, 3.05) is 38.2 Å². The second-order valence-corrected chi connectivity index (χ2v) is 6.33. The molecular formula is C14H20N4O3S. The monoisotopic (exact) mass is 324 g/mol. The average Bonchev–Trinajstić information content (AvgIpc) is 3.16. The van der Waals surface area contributed by atoms with Gasteiger partial charge in [-0.15, -0.1) is 11.3 Å². The molecule has 2 saturated heterocycles. The van der Waals surface area contributed by atoms with Crippen LogP contribution >= 0.6 is 11.3 Å². The maximum absolute atomic E-state index is 12.3. The number of methoxy groups -OCH3 is 1. The lowest BCUT2D eigenvalue weighted by atomic mass is 10.1. The quantitative estimate of drug-likeness (QED) is 0.891. The molecule has 0 aliphatic carbocycles. The number of ether oxygens (including phenoxy) is 1. The van der Waals surface area contributed by atoms with Crippen LogP contribution in [0.3, 0.4) is 0 Å². The third-order valence-electron chi connectivity index (χ3n) is 4.09. The summed E-state index contributed by atoms with van der Waals surface area (Å²) in [5.41, 5.74) is 0.735. The summed E-state index contributed by atoms with van der Waals surface area (Å²) in [6.07, 6.45) is 2.34. The van der Waals surface area contributed by atoms with Gasteiger partial charge in [-0.05, 0) is 12.8 Å². The number of amides is 3. The molecule has 22 heavy (non-hydrogen) atoms. The zero-order valence-electron chi connectivity index (χ0n) is 12.6. The van der Waals surface area contributed by atoms with Gasteiger partial charge in [0.2, 0.25) is 5.91 Å². The number of piperidine rings is 1. The smallest absolute Gasteiger partial charge is 0.323 e. The summed E-state index contributed by atoms with van der Waals surface area (Å²) in [5, 5.41) is 5.27. The molecule has 1 aromatic rings. The molecule has 1 aromatic heterocycles.